The van der Waals surface area contributed by atoms with Gasteiger partial charge in [-0.15, -0.1) is 4.98 Å². The molecule has 6 rings (SSSR count). The van der Waals surface area contributed by atoms with Gasteiger partial charge in [-0.05, 0) is 54.4 Å². The van der Waals surface area contributed by atoms with Gasteiger partial charge in [-0.25, -0.2) is 8.78 Å². The highest BCUT2D eigenvalue weighted by atomic mass is 19.1. The molecule has 0 bridgehead atoms. The molecule has 2 aliphatic heterocycles. The van der Waals surface area contributed by atoms with E-state index >= 15 is 0 Å². The van der Waals surface area contributed by atoms with Crippen molar-refractivity contribution in [3.63, 3.8) is 0 Å². The van der Waals surface area contributed by atoms with Crippen molar-refractivity contribution >= 4 is 22.5 Å². The van der Waals surface area contributed by atoms with E-state index in [2.05, 4.69) is 31.5 Å². The number of nitrogens with zero attached hydrogens (tertiary/aromatic N) is 6. The van der Waals surface area contributed by atoms with Crippen LogP contribution in [0.4, 0.5) is 20.3 Å². The molecule has 0 spiro atoms. The van der Waals surface area contributed by atoms with E-state index in [0.717, 1.165) is 30.8 Å². The molecule has 0 saturated carbocycles. The molecule has 2 aromatic heterocycles. The monoisotopic (exact) mass is 584 g/mol. The molecule has 0 unspecified atom stereocenters. The van der Waals surface area contributed by atoms with Crippen molar-refractivity contribution in [3.05, 3.63) is 111 Å². The smallest absolute Gasteiger partial charge is 0.270 e. The maximum absolute atomic E-state index is 14.0. The minimum atomic E-state index is -0.312. The molecule has 4 heterocycles. The fraction of sp³-hybridized carbons (Fsp3) is 0.364. The molecule has 0 amide bonds. The number of fused-ring (bicyclic) bond motifs is 1. The van der Waals surface area contributed by atoms with Crippen LogP contribution in [0, 0.1) is 18.2 Å². The number of ether oxygens (including phenoxy) is 1. The Balaban J connectivity index is 1.45. The van der Waals surface area contributed by atoms with E-state index in [0.29, 0.717) is 43.0 Å². The Bertz CT molecular complexity index is 1650. The largest absolute Gasteiger partial charge is 0.379 e. The minimum Gasteiger partial charge on any atom is -0.379 e. The predicted octanol–water partition coefficient (Wildman–Crippen LogP) is 4.76. The average molecular weight is 585 g/mol. The number of halogens is 2. The zero-order chi connectivity index (χ0) is 30.1. The van der Waals surface area contributed by atoms with Gasteiger partial charge in [-0.1, -0.05) is 30.8 Å². The predicted molar refractivity (Wildman–Crippen MR) is 162 cm³/mol. The van der Waals surface area contributed by atoms with Crippen LogP contribution in [0.25, 0.3) is 15.9 Å². The van der Waals surface area contributed by atoms with E-state index < -0.39 is 0 Å². The van der Waals surface area contributed by atoms with Gasteiger partial charge in [0.25, 0.3) is 11.4 Å². The Morgan fingerprint density at radius 1 is 0.977 bits per heavy atom. The summed E-state index contributed by atoms with van der Waals surface area (Å²) in [5.41, 5.74) is 3.70. The molecule has 4 aromatic rings. The molecule has 222 valence electrons. The van der Waals surface area contributed by atoms with E-state index in [1.807, 2.05) is 0 Å². The lowest BCUT2D eigenvalue weighted by Gasteiger charge is -2.50. The second-order valence-corrected chi connectivity index (χ2v) is 11.3. The summed E-state index contributed by atoms with van der Waals surface area (Å²) in [4.78, 5) is 28.3. The van der Waals surface area contributed by atoms with Crippen LogP contribution < -0.4 is 10.5 Å². The number of benzene rings is 2. The van der Waals surface area contributed by atoms with E-state index in [4.69, 9.17) is 11.3 Å². The fourth-order valence-electron chi connectivity index (χ4n) is 6.41. The number of aromatic nitrogens is 2. The lowest BCUT2D eigenvalue weighted by molar-refractivity contribution is 0.0137. The SMILES string of the molecule is [C-]#[N+]c1ccc2c(n1)c(N1C[C@@H](CN3CCOCC3)N(C(c3ccc(F)cc3)c3ccc(F)cc3)C[C@@H]1C)cc(=O)n2C. The highest BCUT2D eigenvalue weighted by Crippen LogP contribution is 2.37. The zero-order valence-electron chi connectivity index (χ0n) is 24.3. The Hall–Kier alpha value is -4.17. The highest BCUT2D eigenvalue weighted by Gasteiger charge is 2.39. The van der Waals surface area contributed by atoms with Gasteiger partial charge in [-0.2, -0.15) is 0 Å². The van der Waals surface area contributed by atoms with Gasteiger partial charge < -0.3 is 19.0 Å². The fourth-order valence-corrected chi connectivity index (χ4v) is 6.41. The average Bonchev–Trinajstić information content (AvgIpc) is 3.02. The first-order valence-corrected chi connectivity index (χ1v) is 14.5. The molecule has 2 saturated heterocycles. The third kappa shape index (κ3) is 5.89. The van der Waals surface area contributed by atoms with Crippen LogP contribution in [-0.2, 0) is 11.8 Å². The lowest BCUT2D eigenvalue weighted by atomic mass is 9.92. The van der Waals surface area contributed by atoms with Crippen LogP contribution in [0.1, 0.15) is 24.1 Å². The molecule has 10 heteroatoms. The lowest BCUT2D eigenvalue weighted by Crippen LogP contribution is -2.62. The quantitative estimate of drug-likeness (QED) is 0.305. The third-order valence-corrected chi connectivity index (χ3v) is 8.64. The molecular weight excluding hydrogens is 550 g/mol. The van der Waals surface area contributed by atoms with Crippen LogP contribution in [0.5, 0.6) is 0 Å². The molecule has 2 aromatic carbocycles. The topological polar surface area (TPSA) is 58.2 Å². The second kappa shape index (κ2) is 12.2. The molecule has 2 atom stereocenters. The van der Waals surface area contributed by atoms with Crippen LogP contribution in [0.3, 0.4) is 0 Å². The molecule has 43 heavy (non-hydrogen) atoms. The van der Waals surface area contributed by atoms with Crippen LogP contribution >= 0.6 is 0 Å². The number of morpholine rings is 1. The summed E-state index contributed by atoms with van der Waals surface area (Å²) < 4.78 is 35.3. The molecule has 8 nitrogen and oxygen atoms in total. The summed E-state index contributed by atoms with van der Waals surface area (Å²) in [5, 5.41) is 0. The number of hydrogen-bond donors (Lipinski definition) is 0. The first-order chi connectivity index (χ1) is 20.8. The minimum absolute atomic E-state index is 0.0161. The van der Waals surface area contributed by atoms with Gasteiger partial charge >= 0.3 is 0 Å². The van der Waals surface area contributed by atoms with E-state index in [9.17, 15) is 13.6 Å². The van der Waals surface area contributed by atoms with Gasteiger partial charge in [0.2, 0.25) is 5.52 Å². The number of rotatable bonds is 6. The van der Waals surface area contributed by atoms with Crippen molar-refractivity contribution in [1.82, 2.24) is 19.4 Å². The van der Waals surface area contributed by atoms with Crippen molar-refractivity contribution in [2.45, 2.75) is 25.0 Å². The summed E-state index contributed by atoms with van der Waals surface area (Å²) in [5.74, 6) is -0.349. The number of anilines is 1. The van der Waals surface area contributed by atoms with Gasteiger partial charge in [-0.3, -0.25) is 14.6 Å². The van der Waals surface area contributed by atoms with Gasteiger partial charge in [0.1, 0.15) is 11.6 Å². The van der Waals surface area contributed by atoms with Gasteiger partial charge in [0.05, 0.1) is 30.5 Å². The summed E-state index contributed by atoms with van der Waals surface area (Å²) in [7, 11) is 1.71. The normalized spacial score (nSPS) is 20.0. The van der Waals surface area contributed by atoms with Gasteiger partial charge in [0, 0.05) is 57.9 Å². The van der Waals surface area contributed by atoms with Crippen molar-refractivity contribution < 1.29 is 13.5 Å². The van der Waals surface area contributed by atoms with Crippen molar-refractivity contribution in [2.75, 3.05) is 50.8 Å². The Morgan fingerprint density at radius 3 is 2.21 bits per heavy atom. The van der Waals surface area contributed by atoms with Crippen molar-refractivity contribution in [3.8, 4) is 0 Å². The number of aryl methyl sites for hydroxylation is 1. The first-order valence-electron chi connectivity index (χ1n) is 14.5. The number of hydrogen-bond acceptors (Lipinski definition) is 6. The third-order valence-electron chi connectivity index (χ3n) is 8.64. The maximum Gasteiger partial charge on any atom is 0.270 e. The Kier molecular flexibility index (Phi) is 8.21. The van der Waals surface area contributed by atoms with Crippen LogP contribution in [0.15, 0.2) is 71.5 Å². The number of pyridine rings is 2. The molecule has 0 radical (unpaired) electrons. The van der Waals surface area contributed by atoms with Gasteiger partial charge in [0.15, 0.2) is 0 Å². The summed E-state index contributed by atoms with van der Waals surface area (Å²) in [6.07, 6.45) is 0. The first kappa shape index (κ1) is 28.9. The molecule has 0 aliphatic carbocycles. The Labute approximate surface area is 249 Å². The van der Waals surface area contributed by atoms with Crippen LogP contribution in [-0.4, -0.2) is 77.4 Å². The summed E-state index contributed by atoms with van der Waals surface area (Å²) in [6.45, 7) is 14.5. The standard InChI is InChI=1S/C33H34F2N6O2/c1-22-19-41(33(23-4-8-25(34)9-5-23)24-6-10-26(35)11-7-24)27(20-39-14-16-43-17-15-39)21-40(22)29-18-31(42)38(3)28-12-13-30(36-2)37-32(28)29/h4-13,18,22,27,33H,14-17,19-21H2,1,3H3/t22-,27+/m0/s1. The molecule has 2 fully saturated rings. The second-order valence-electron chi connectivity index (χ2n) is 11.3. The maximum atomic E-state index is 14.0. The van der Waals surface area contributed by atoms with E-state index in [-0.39, 0.29) is 41.1 Å². The van der Waals surface area contributed by atoms with E-state index in [1.165, 1.54) is 24.3 Å². The van der Waals surface area contributed by atoms with Crippen LogP contribution in [0.2, 0.25) is 0 Å². The number of piperazine rings is 1. The molecule has 2 aliphatic rings. The Morgan fingerprint density at radius 2 is 1.60 bits per heavy atom. The summed E-state index contributed by atoms with van der Waals surface area (Å²) >= 11 is 0. The highest BCUT2D eigenvalue weighted by molar-refractivity contribution is 5.89. The van der Waals surface area contributed by atoms with Crippen molar-refractivity contribution in [2.24, 2.45) is 7.05 Å². The van der Waals surface area contributed by atoms with E-state index in [1.54, 1.807) is 54.1 Å². The molecule has 0 N–H and O–H groups in total. The summed E-state index contributed by atoms with van der Waals surface area (Å²) in [6, 6.07) is 17.8. The van der Waals surface area contributed by atoms with Crippen molar-refractivity contribution in [1.29, 1.82) is 0 Å². The molecular formula is C33H34F2N6O2. The zero-order valence-corrected chi connectivity index (χ0v) is 24.3.